The lowest BCUT2D eigenvalue weighted by Crippen LogP contribution is -2.44. The second-order valence-corrected chi connectivity index (χ2v) is 10.7. The van der Waals surface area contributed by atoms with Crippen LogP contribution in [-0.2, 0) is 32.1 Å². The summed E-state index contributed by atoms with van der Waals surface area (Å²) in [7, 11) is 0. The molecule has 0 aliphatic carbocycles. The first-order valence-electron chi connectivity index (χ1n) is 14.2. The van der Waals surface area contributed by atoms with E-state index in [1.165, 1.54) is 12.1 Å². The van der Waals surface area contributed by atoms with E-state index in [1.807, 2.05) is 42.5 Å². The van der Waals surface area contributed by atoms with Gasteiger partial charge in [-0.3, -0.25) is 14.4 Å². The third kappa shape index (κ3) is 8.24. The molecule has 2 aliphatic heterocycles. The van der Waals surface area contributed by atoms with Crippen LogP contribution in [0.3, 0.4) is 0 Å². The molecule has 0 radical (unpaired) electrons. The van der Waals surface area contributed by atoms with E-state index in [0.29, 0.717) is 38.8 Å². The van der Waals surface area contributed by atoms with Gasteiger partial charge in [0.1, 0.15) is 12.4 Å². The van der Waals surface area contributed by atoms with Crippen molar-refractivity contribution in [3.63, 3.8) is 0 Å². The Morgan fingerprint density at radius 3 is 2.52 bits per heavy atom. The number of hydrogen-bond donors (Lipinski definition) is 1. The summed E-state index contributed by atoms with van der Waals surface area (Å²) in [6.07, 6.45) is 7.57. The molecule has 0 saturated carbocycles. The molecule has 2 aliphatic rings. The van der Waals surface area contributed by atoms with Crippen LogP contribution in [0.1, 0.15) is 49.7 Å². The van der Waals surface area contributed by atoms with Crippen LogP contribution >= 0.6 is 0 Å². The molecule has 0 aromatic heterocycles. The van der Waals surface area contributed by atoms with E-state index in [0.717, 1.165) is 24.0 Å². The number of benzene rings is 2. The Bertz CT molecular complexity index is 1150. The molecular formula is C32H39FN2O5. The molecule has 2 heterocycles. The number of aliphatic hydroxyl groups excluding tert-OH is 1. The number of nitrogens with zero attached hydrogens (tertiary/aromatic N) is 2. The van der Waals surface area contributed by atoms with Crippen LogP contribution in [0, 0.1) is 17.7 Å². The van der Waals surface area contributed by atoms with Crippen molar-refractivity contribution in [2.75, 3.05) is 26.3 Å². The molecule has 2 aromatic carbocycles. The van der Waals surface area contributed by atoms with E-state index >= 15 is 0 Å². The lowest BCUT2D eigenvalue weighted by atomic mass is 9.94. The number of carbonyl (C=O) groups is 3. The Hall–Kier alpha value is -3.52. The highest BCUT2D eigenvalue weighted by Gasteiger charge is 2.35. The normalized spacial score (nSPS) is 22.9. The van der Waals surface area contributed by atoms with Gasteiger partial charge in [-0.2, -0.15) is 0 Å². The number of fused-ring (bicyclic) bond motifs is 1. The molecule has 0 spiro atoms. The van der Waals surface area contributed by atoms with Crippen LogP contribution in [0.15, 0.2) is 66.7 Å². The predicted octanol–water partition coefficient (Wildman–Crippen LogP) is 4.29. The summed E-state index contributed by atoms with van der Waals surface area (Å²) in [5.41, 5.74) is 1.83. The monoisotopic (exact) mass is 550 g/mol. The number of allylic oxidation sites excluding steroid dienone is 2. The van der Waals surface area contributed by atoms with Crippen molar-refractivity contribution >= 4 is 17.8 Å². The van der Waals surface area contributed by atoms with Gasteiger partial charge in [0.25, 0.3) is 0 Å². The quantitative estimate of drug-likeness (QED) is 0.392. The SMILES string of the molecule is O=C1OC[C@H]2CCCN2C(=O)[C@H](CC(=O)N(CCO)Cc2ccccc2)C/C=C\CC[C@@H]1Cc1ccc(F)cc1. The average Bonchev–Trinajstić information content (AvgIpc) is 3.43. The first-order chi connectivity index (χ1) is 19.4. The maximum Gasteiger partial charge on any atom is 0.309 e. The van der Waals surface area contributed by atoms with Crippen molar-refractivity contribution in [1.29, 1.82) is 0 Å². The second-order valence-electron chi connectivity index (χ2n) is 10.7. The Kier molecular flexibility index (Phi) is 10.9. The fourth-order valence-electron chi connectivity index (χ4n) is 5.54. The molecule has 0 unspecified atom stereocenters. The van der Waals surface area contributed by atoms with Crippen molar-refractivity contribution in [1.82, 2.24) is 9.80 Å². The van der Waals surface area contributed by atoms with Crippen molar-refractivity contribution in [2.45, 2.75) is 57.5 Å². The number of halogens is 1. The molecule has 2 aromatic rings. The molecule has 4 rings (SSSR count). The predicted molar refractivity (Wildman–Crippen MR) is 149 cm³/mol. The summed E-state index contributed by atoms with van der Waals surface area (Å²) in [6.45, 7) is 1.11. The largest absolute Gasteiger partial charge is 0.463 e. The molecule has 214 valence electrons. The minimum absolute atomic E-state index is 0.0478. The number of cyclic esters (lactones) is 1. The third-order valence-electron chi connectivity index (χ3n) is 7.79. The van der Waals surface area contributed by atoms with Gasteiger partial charge in [0.2, 0.25) is 11.8 Å². The van der Waals surface area contributed by atoms with E-state index in [4.69, 9.17) is 4.74 Å². The lowest BCUT2D eigenvalue weighted by Gasteiger charge is -2.30. The molecule has 1 saturated heterocycles. The molecule has 2 amide bonds. The zero-order valence-corrected chi connectivity index (χ0v) is 22.9. The number of amides is 2. The topological polar surface area (TPSA) is 87.2 Å². The van der Waals surface area contributed by atoms with Gasteiger partial charge in [-0.1, -0.05) is 54.6 Å². The summed E-state index contributed by atoms with van der Waals surface area (Å²) in [4.78, 5) is 43.5. The summed E-state index contributed by atoms with van der Waals surface area (Å²) < 4.78 is 19.1. The van der Waals surface area contributed by atoms with Gasteiger partial charge in [0.05, 0.1) is 24.5 Å². The Morgan fingerprint density at radius 1 is 1.00 bits per heavy atom. The Balaban J connectivity index is 1.47. The molecule has 3 atom stereocenters. The van der Waals surface area contributed by atoms with Crippen molar-refractivity contribution in [2.24, 2.45) is 11.8 Å². The summed E-state index contributed by atoms with van der Waals surface area (Å²) >= 11 is 0. The summed E-state index contributed by atoms with van der Waals surface area (Å²) in [5, 5.41) is 9.59. The average molecular weight is 551 g/mol. The first kappa shape index (κ1) is 29.5. The van der Waals surface area contributed by atoms with Crippen molar-refractivity contribution < 1.29 is 28.6 Å². The molecule has 7 nitrogen and oxygen atoms in total. The minimum atomic E-state index is -0.534. The van der Waals surface area contributed by atoms with Crippen LogP contribution in [0.2, 0.25) is 0 Å². The smallest absolute Gasteiger partial charge is 0.309 e. The highest BCUT2D eigenvalue weighted by molar-refractivity contribution is 5.86. The second kappa shape index (κ2) is 14.7. The molecular weight excluding hydrogens is 511 g/mol. The number of rotatable bonds is 8. The van der Waals surface area contributed by atoms with Crippen LogP contribution in [0.25, 0.3) is 0 Å². The number of esters is 1. The minimum Gasteiger partial charge on any atom is -0.463 e. The summed E-state index contributed by atoms with van der Waals surface area (Å²) in [5.74, 6) is -1.79. The van der Waals surface area contributed by atoms with Crippen molar-refractivity contribution in [3.8, 4) is 0 Å². The van der Waals surface area contributed by atoms with Gasteiger partial charge < -0.3 is 19.6 Å². The van der Waals surface area contributed by atoms with E-state index in [9.17, 15) is 23.9 Å². The maximum atomic E-state index is 13.7. The summed E-state index contributed by atoms with van der Waals surface area (Å²) in [6, 6.07) is 15.5. The fourth-order valence-corrected chi connectivity index (χ4v) is 5.54. The Labute approximate surface area is 235 Å². The van der Waals surface area contributed by atoms with E-state index < -0.39 is 5.92 Å². The highest BCUT2D eigenvalue weighted by atomic mass is 19.1. The van der Waals surface area contributed by atoms with E-state index in [1.54, 1.807) is 21.9 Å². The van der Waals surface area contributed by atoms with Gasteiger partial charge >= 0.3 is 5.97 Å². The number of hydrogen-bond acceptors (Lipinski definition) is 5. The van der Waals surface area contributed by atoms with Gasteiger partial charge in [-0.25, -0.2) is 4.39 Å². The number of ether oxygens (including phenoxy) is 1. The molecule has 1 fully saturated rings. The highest BCUT2D eigenvalue weighted by Crippen LogP contribution is 2.26. The number of carbonyl (C=O) groups excluding carboxylic acids is 3. The van der Waals surface area contributed by atoms with E-state index in [2.05, 4.69) is 0 Å². The standard InChI is InChI=1S/C32H39FN2O5/c33-28-15-13-24(14-16-28)20-27-11-6-2-5-10-26(31(38)35-17-7-12-29(35)23-40-32(27)39)21-30(37)34(18-19-36)22-25-8-3-1-4-9-25/h1-5,8-9,13-16,26-27,29,36H,6-7,10-12,17-23H2/b5-2-/t26-,27+,29+/m0/s1. The number of aliphatic hydroxyl groups is 1. The van der Waals surface area contributed by atoms with E-state index in [-0.39, 0.29) is 61.7 Å². The molecule has 1 N–H and O–H groups in total. The molecule has 40 heavy (non-hydrogen) atoms. The van der Waals surface area contributed by atoms with Crippen LogP contribution in [0.5, 0.6) is 0 Å². The van der Waals surface area contributed by atoms with Crippen LogP contribution in [0.4, 0.5) is 4.39 Å². The molecule has 8 heteroatoms. The van der Waals surface area contributed by atoms with Crippen LogP contribution < -0.4 is 0 Å². The van der Waals surface area contributed by atoms with Crippen molar-refractivity contribution in [3.05, 3.63) is 83.7 Å². The van der Waals surface area contributed by atoms with Crippen LogP contribution in [-0.4, -0.2) is 65.0 Å². The zero-order valence-electron chi connectivity index (χ0n) is 22.9. The molecule has 0 bridgehead atoms. The first-order valence-corrected chi connectivity index (χ1v) is 14.2. The van der Waals surface area contributed by atoms with Gasteiger partial charge in [-0.05, 0) is 61.8 Å². The maximum absolute atomic E-state index is 13.7. The Morgan fingerprint density at radius 2 is 1.77 bits per heavy atom. The lowest BCUT2D eigenvalue weighted by molar-refractivity contribution is -0.152. The van der Waals surface area contributed by atoms with Gasteiger partial charge in [-0.15, -0.1) is 0 Å². The third-order valence-corrected chi connectivity index (χ3v) is 7.79. The zero-order chi connectivity index (χ0) is 28.3. The fraction of sp³-hybridized carbons (Fsp3) is 0.469. The van der Waals surface area contributed by atoms with Gasteiger partial charge in [0.15, 0.2) is 0 Å². The van der Waals surface area contributed by atoms with Gasteiger partial charge in [0, 0.05) is 26.1 Å².